The number of nitrogens with one attached hydrogen (secondary N) is 1. The van der Waals surface area contributed by atoms with Gasteiger partial charge in [-0.15, -0.1) is 11.3 Å². The number of nitrogens with zero attached hydrogens (tertiary/aromatic N) is 2. The Labute approximate surface area is 144 Å². The minimum atomic E-state index is -3.40. The molecule has 0 bridgehead atoms. The van der Waals surface area contributed by atoms with E-state index in [9.17, 15) is 13.2 Å². The van der Waals surface area contributed by atoms with Crippen LogP contribution >= 0.6 is 11.3 Å². The van der Waals surface area contributed by atoms with Gasteiger partial charge < -0.3 is 0 Å². The molecule has 0 radical (unpaired) electrons. The number of benzene rings is 1. The van der Waals surface area contributed by atoms with Crippen molar-refractivity contribution >= 4 is 38.7 Å². The van der Waals surface area contributed by atoms with Crippen LogP contribution < -0.4 is 4.72 Å². The Morgan fingerprint density at radius 2 is 2.04 bits per heavy atom. The molecule has 1 unspecified atom stereocenters. The third-order valence-corrected chi connectivity index (χ3v) is 5.20. The van der Waals surface area contributed by atoms with Gasteiger partial charge in [-0.3, -0.25) is 9.52 Å². The molecular weight excluding hydrogens is 346 g/mol. The normalized spacial score (nSPS) is 17.7. The maximum atomic E-state index is 12.0. The first kappa shape index (κ1) is 16.7. The third-order valence-electron chi connectivity index (χ3n) is 3.64. The number of amides is 1. The summed E-state index contributed by atoms with van der Waals surface area (Å²) in [6.45, 7) is 1.48. The van der Waals surface area contributed by atoms with E-state index in [1.54, 1.807) is 23.5 Å². The molecule has 0 aliphatic carbocycles. The molecule has 8 heteroatoms. The van der Waals surface area contributed by atoms with E-state index in [0.717, 1.165) is 11.1 Å². The summed E-state index contributed by atoms with van der Waals surface area (Å²) >= 11 is 1.57. The number of hydrazone groups is 1. The zero-order valence-corrected chi connectivity index (χ0v) is 14.9. The van der Waals surface area contributed by atoms with Crippen LogP contribution in [0.5, 0.6) is 0 Å². The van der Waals surface area contributed by atoms with Crippen LogP contribution in [0.15, 0.2) is 46.9 Å². The molecule has 2 heterocycles. The lowest BCUT2D eigenvalue weighted by molar-refractivity contribution is -0.130. The van der Waals surface area contributed by atoms with Crippen molar-refractivity contribution in [2.24, 2.45) is 5.10 Å². The number of sulfonamides is 1. The smallest absolute Gasteiger partial charge is 0.240 e. The third kappa shape index (κ3) is 3.49. The van der Waals surface area contributed by atoms with E-state index in [1.165, 1.54) is 11.9 Å². The molecule has 1 atom stereocenters. The number of thiophene rings is 1. The van der Waals surface area contributed by atoms with Crippen molar-refractivity contribution in [1.82, 2.24) is 5.01 Å². The van der Waals surface area contributed by atoms with Gasteiger partial charge in [0.25, 0.3) is 0 Å². The van der Waals surface area contributed by atoms with Gasteiger partial charge >= 0.3 is 0 Å². The van der Waals surface area contributed by atoms with Crippen LogP contribution in [0.4, 0.5) is 5.69 Å². The lowest BCUT2D eigenvalue weighted by Gasteiger charge is -2.18. The van der Waals surface area contributed by atoms with E-state index in [-0.39, 0.29) is 11.9 Å². The lowest BCUT2D eigenvalue weighted by atomic mass is 10.0. The summed E-state index contributed by atoms with van der Waals surface area (Å²) in [5, 5.41) is 7.89. The molecule has 0 saturated carbocycles. The quantitative estimate of drug-likeness (QED) is 0.907. The molecular formula is C16H17N3O3S2. The van der Waals surface area contributed by atoms with Gasteiger partial charge in [-0.05, 0) is 17.5 Å². The molecule has 1 amide bonds. The summed E-state index contributed by atoms with van der Waals surface area (Å²) in [6, 6.07) is 10.8. The number of rotatable bonds is 4. The first-order valence-electron chi connectivity index (χ1n) is 7.33. The fourth-order valence-electron chi connectivity index (χ4n) is 2.69. The molecule has 1 N–H and O–H groups in total. The number of para-hydroxylation sites is 1. The molecule has 6 nitrogen and oxygen atoms in total. The van der Waals surface area contributed by atoms with Crippen molar-refractivity contribution in [3.05, 3.63) is 52.2 Å². The van der Waals surface area contributed by atoms with Gasteiger partial charge in [-0.1, -0.05) is 24.3 Å². The highest BCUT2D eigenvalue weighted by Gasteiger charge is 2.32. The highest BCUT2D eigenvalue weighted by atomic mass is 32.2. The van der Waals surface area contributed by atoms with E-state index in [1.807, 2.05) is 29.6 Å². The van der Waals surface area contributed by atoms with Crippen molar-refractivity contribution in [2.45, 2.75) is 19.4 Å². The SMILES string of the molecule is CC(=O)N1N=C(c2ccccc2NS(C)(=O)=O)CC1c1cccs1. The van der Waals surface area contributed by atoms with E-state index in [4.69, 9.17) is 0 Å². The van der Waals surface area contributed by atoms with Crippen LogP contribution in [0.25, 0.3) is 0 Å². The van der Waals surface area contributed by atoms with Crippen LogP contribution in [0, 0.1) is 0 Å². The van der Waals surface area contributed by atoms with Crippen LogP contribution in [0.3, 0.4) is 0 Å². The van der Waals surface area contributed by atoms with E-state index in [0.29, 0.717) is 23.4 Å². The van der Waals surface area contributed by atoms with Crippen LogP contribution in [0.1, 0.15) is 29.8 Å². The van der Waals surface area contributed by atoms with Gasteiger partial charge in [0.1, 0.15) is 0 Å². The summed E-state index contributed by atoms with van der Waals surface area (Å²) in [5.74, 6) is -0.142. The minimum absolute atomic E-state index is 0.142. The zero-order chi connectivity index (χ0) is 17.3. The van der Waals surface area contributed by atoms with Crippen molar-refractivity contribution in [3.8, 4) is 0 Å². The molecule has 3 rings (SSSR count). The first-order chi connectivity index (χ1) is 11.3. The summed E-state index contributed by atoms with van der Waals surface area (Å²) < 4.78 is 25.7. The molecule has 0 saturated heterocycles. The van der Waals surface area contributed by atoms with Gasteiger partial charge in [0, 0.05) is 23.8 Å². The van der Waals surface area contributed by atoms with E-state index < -0.39 is 10.0 Å². The number of carbonyl (C=O) groups is 1. The largest absolute Gasteiger partial charge is 0.283 e. The van der Waals surface area contributed by atoms with Gasteiger partial charge in [0.05, 0.1) is 23.7 Å². The molecule has 0 spiro atoms. The number of anilines is 1. The number of carbonyl (C=O) groups excluding carboxylic acids is 1. The van der Waals surface area contributed by atoms with Gasteiger partial charge in [-0.2, -0.15) is 5.10 Å². The zero-order valence-electron chi connectivity index (χ0n) is 13.3. The second-order valence-corrected chi connectivity index (χ2v) is 8.29. The highest BCUT2D eigenvalue weighted by molar-refractivity contribution is 7.92. The summed E-state index contributed by atoms with van der Waals surface area (Å²) in [4.78, 5) is 13.0. The van der Waals surface area contributed by atoms with Gasteiger partial charge in [0.15, 0.2) is 0 Å². The van der Waals surface area contributed by atoms with Crippen molar-refractivity contribution in [3.63, 3.8) is 0 Å². The fourth-order valence-corrected chi connectivity index (χ4v) is 4.08. The fraction of sp³-hybridized carbons (Fsp3) is 0.250. The summed E-state index contributed by atoms with van der Waals surface area (Å²) in [5.41, 5.74) is 1.85. The van der Waals surface area contributed by atoms with Gasteiger partial charge in [-0.25, -0.2) is 13.4 Å². The van der Waals surface area contributed by atoms with Crippen molar-refractivity contribution in [1.29, 1.82) is 0 Å². The molecule has 1 aromatic carbocycles. The second kappa shape index (κ2) is 6.37. The predicted molar refractivity (Wildman–Crippen MR) is 95.6 cm³/mol. The molecule has 1 aliphatic rings. The monoisotopic (exact) mass is 363 g/mol. The van der Waals surface area contributed by atoms with Crippen molar-refractivity contribution in [2.75, 3.05) is 11.0 Å². The maximum Gasteiger partial charge on any atom is 0.240 e. The Morgan fingerprint density at radius 1 is 1.29 bits per heavy atom. The Morgan fingerprint density at radius 3 is 2.67 bits per heavy atom. The highest BCUT2D eigenvalue weighted by Crippen LogP contribution is 2.36. The summed E-state index contributed by atoms with van der Waals surface area (Å²) in [7, 11) is -3.40. The molecule has 126 valence electrons. The molecule has 2 aromatic rings. The minimum Gasteiger partial charge on any atom is -0.283 e. The maximum absolute atomic E-state index is 12.0. The number of hydrogen-bond donors (Lipinski definition) is 1. The average Bonchev–Trinajstić information content (AvgIpc) is 3.15. The van der Waals surface area contributed by atoms with Crippen LogP contribution in [-0.4, -0.2) is 31.3 Å². The molecule has 1 aromatic heterocycles. The Hall–Kier alpha value is -2.19. The van der Waals surface area contributed by atoms with Gasteiger partial charge in [0.2, 0.25) is 15.9 Å². The Kier molecular flexibility index (Phi) is 4.42. The molecule has 0 fully saturated rings. The molecule has 24 heavy (non-hydrogen) atoms. The summed E-state index contributed by atoms with van der Waals surface area (Å²) in [6.07, 6.45) is 1.65. The average molecular weight is 363 g/mol. The standard InChI is InChI=1S/C16H17N3O3S2/c1-11(20)19-15(16-8-5-9-23-16)10-14(17-19)12-6-3-4-7-13(12)18-24(2,21)22/h3-9,15,18H,10H2,1-2H3. The first-order valence-corrected chi connectivity index (χ1v) is 10.1. The lowest BCUT2D eigenvalue weighted by Crippen LogP contribution is -2.23. The second-order valence-electron chi connectivity index (χ2n) is 5.57. The van der Waals surface area contributed by atoms with E-state index >= 15 is 0 Å². The number of hydrogen-bond acceptors (Lipinski definition) is 5. The predicted octanol–water partition coefficient (Wildman–Crippen LogP) is 2.82. The van der Waals surface area contributed by atoms with Crippen molar-refractivity contribution < 1.29 is 13.2 Å². The van der Waals surface area contributed by atoms with E-state index in [2.05, 4.69) is 9.82 Å². The van der Waals surface area contributed by atoms with Crippen LogP contribution in [-0.2, 0) is 14.8 Å². The Balaban J connectivity index is 1.99. The topological polar surface area (TPSA) is 78.8 Å². The molecule has 1 aliphatic heterocycles. The van der Waals surface area contributed by atoms with Crippen LogP contribution in [0.2, 0.25) is 0 Å². The Bertz CT molecular complexity index is 889.